The minimum Gasteiger partial charge on any atom is -0.339 e. The fraction of sp³-hybridized carbons (Fsp3) is 0.261. The van der Waals surface area contributed by atoms with Crippen LogP contribution in [0.3, 0.4) is 0 Å². The van der Waals surface area contributed by atoms with Crippen LogP contribution in [0.25, 0.3) is 17.5 Å². The molecule has 0 N–H and O–H groups in total. The van der Waals surface area contributed by atoms with Gasteiger partial charge in [-0.1, -0.05) is 59.3 Å². The van der Waals surface area contributed by atoms with Gasteiger partial charge in [-0.2, -0.15) is 4.98 Å². The molecule has 1 amide bonds. The standard InChI is InChI=1S/C23H25N3O2/c1-17(2)26(22(27)13-12-19-9-5-4-6-10-19)15-14-21-24-23(25-28-21)20-11-7-8-18(3)16-20/h4-13,16-17H,14-15H2,1-3H3. The van der Waals surface area contributed by atoms with Gasteiger partial charge in [0.25, 0.3) is 0 Å². The minimum absolute atomic E-state index is 0.0303. The van der Waals surface area contributed by atoms with Crippen LogP contribution < -0.4 is 0 Å². The number of benzene rings is 2. The quantitative estimate of drug-likeness (QED) is 0.569. The van der Waals surface area contributed by atoms with Gasteiger partial charge in [-0.05, 0) is 38.5 Å². The molecule has 28 heavy (non-hydrogen) atoms. The van der Waals surface area contributed by atoms with Crippen LogP contribution in [-0.4, -0.2) is 33.5 Å². The van der Waals surface area contributed by atoms with E-state index in [1.54, 1.807) is 11.0 Å². The van der Waals surface area contributed by atoms with Crippen LogP contribution in [0.2, 0.25) is 0 Å². The van der Waals surface area contributed by atoms with Crippen molar-refractivity contribution >= 4 is 12.0 Å². The van der Waals surface area contributed by atoms with Crippen LogP contribution in [0.1, 0.15) is 30.9 Å². The Morgan fingerprint density at radius 3 is 2.64 bits per heavy atom. The molecular weight excluding hydrogens is 350 g/mol. The number of aromatic nitrogens is 2. The number of carbonyl (C=O) groups excluding carboxylic acids is 1. The van der Waals surface area contributed by atoms with Gasteiger partial charge in [0.2, 0.25) is 17.6 Å². The summed E-state index contributed by atoms with van der Waals surface area (Å²) < 4.78 is 5.38. The number of nitrogens with zero attached hydrogens (tertiary/aromatic N) is 3. The third-order valence-electron chi connectivity index (χ3n) is 4.44. The summed E-state index contributed by atoms with van der Waals surface area (Å²) in [6, 6.07) is 17.8. The number of hydrogen-bond acceptors (Lipinski definition) is 4. The van der Waals surface area contributed by atoms with Crippen LogP contribution in [0.15, 0.2) is 65.2 Å². The lowest BCUT2D eigenvalue weighted by atomic mass is 10.1. The molecule has 5 nitrogen and oxygen atoms in total. The van der Waals surface area contributed by atoms with Crippen molar-refractivity contribution in [2.45, 2.75) is 33.2 Å². The van der Waals surface area contributed by atoms with Gasteiger partial charge in [-0.3, -0.25) is 4.79 Å². The summed E-state index contributed by atoms with van der Waals surface area (Å²) in [4.78, 5) is 18.9. The predicted octanol–water partition coefficient (Wildman–Crippen LogP) is 4.54. The SMILES string of the molecule is Cc1cccc(-c2noc(CCN(C(=O)C=Cc3ccccc3)C(C)C)n2)c1. The average molecular weight is 375 g/mol. The summed E-state index contributed by atoms with van der Waals surface area (Å²) in [5, 5.41) is 4.07. The maximum absolute atomic E-state index is 12.6. The smallest absolute Gasteiger partial charge is 0.246 e. The van der Waals surface area contributed by atoms with Crippen molar-refractivity contribution in [3.8, 4) is 11.4 Å². The van der Waals surface area contributed by atoms with Gasteiger partial charge in [0.15, 0.2) is 0 Å². The van der Waals surface area contributed by atoms with E-state index in [4.69, 9.17) is 4.52 Å². The maximum Gasteiger partial charge on any atom is 0.246 e. The Morgan fingerprint density at radius 2 is 1.93 bits per heavy atom. The molecule has 0 saturated carbocycles. The normalized spacial score (nSPS) is 11.3. The van der Waals surface area contributed by atoms with Gasteiger partial charge < -0.3 is 9.42 Å². The molecule has 0 unspecified atom stereocenters. The second-order valence-corrected chi connectivity index (χ2v) is 7.00. The van der Waals surface area contributed by atoms with Crippen molar-refractivity contribution in [1.82, 2.24) is 15.0 Å². The van der Waals surface area contributed by atoms with Gasteiger partial charge in [-0.25, -0.2) is 0 Å². The van der Waals surface area contributed by atoms with Crippen molar-refractivity contribution in [1.29, 1.82) is 0 Å². The Bertz CT molecular complexity index is 945. The van der Waals surface area contributed by atoms with Gasteiger partial charge in [-0.15, -0.1) is 0 Å². The van der Waals surface area contributed by atoms with Crippen molar-refractivity contribution in [2.24, 2.45) is 0 Å². The van der Waals surface area contributed by atoms with E-state index in [0.29, 0.717) is 24.7 Å². The Morgan fingerprint density at radius 1 is 1.14 bits per heavy atom. The number of aryl methyl sites for hydroxylation is 1. The molecule has 0 radical (unpaired) electrons. The predicted molar refractivity (Wildman–Crippen MR) is 111 cm³/mol. The van der Waals surface area contributed by atoms with Crippen molar-refractivity contribution in [2.75, 3.05) is 6.54 Å². The van der Waals surface area contributed by atoms with E-state index >= 15 is 0 Å². The fourth-order valence-corrected chi connectivity index (χ4v) is 2.92. The monoisotopic (exact) mass is 375 g/mol. The highest BCUT2D eigenvalue weighted by Gasteiger charge is 2.16. The first-order valence-corrected chi connectivity index (χ1v) is 9.46. The number of carbonyl (C=O) groups is 1. The zero-order valence-corrected chi connectivity index (χ0v) is 16.5. The molecule has 0 aliphatic heterocycles. The van der Waals surface area contributed by atoms with E-state index < -0.39 is 0 Å². The van der Waals surface area contributed by atoms with Gasteiger partial charge >= 0.3 is 0 Å². The Labute approximate surface area is 165 Å². The molecule has 3 aromatic rings. The molecule has 3 rings (SSSR count). The molecule has 0 spiro atoms. The van der Waals surface area contributed by atoms with E-state index in [9.17, 15) is 4.79 Å². The van der Waals surface area contributed by atoms with Crippen LogP contribution >= 0.6 is 0 Å². The van der Waals surface area contributed by atoms with Crippen LogP contribution in [-0.2, 0) is 11.2 Å². The molecule has 1 heterocycles. The molecule has 0 aliphatic rings. The van der Waals surface area contributed by atoms with E-state index in [1.165, 1.54) is 0 Å². The molecule has 2 aromatic carbocycles. The number of amides is 1. The second-order valence-electron chi connectivity index (χ2n) is 7.00. The Balaban J connectivity index is 1.64. The first-order valence-electron chi connectivity index (χ1n) is 9.46. The third-order valence-corrected chi connectivity index (χ3v) is 4.44. The lowest BCUT2D eigenvalue weighted by molar-refractivity contribution is -0.127. The summed E-state index contributed by atoms with van der Waals surface area (Å²) >= 11 is 0. The summed E-state index contributed by atoms with van der Waals surface area (Å²) in [5.74, 6) is 1.07. The molecule has 0 aliphatic carbocycles. The molecule has 144 valence electrons. The maximum atomic E-state index is 12.6. The average Bonchev–Trinajstić information content (AvgIpc) is 3.16. The van der Waals surface area contributed by atoms with Crippen molar-refractivity contribution < 1.29 is 9.32 Å². The zero-order valence-electron chi connectivity index (χ0n) is 16.5. The highest BCUT2D eigenvalue weighted by atomic mass is 16.5. The van der Waals surface area contributed by atoms with Gasteiger partial charge in [0.05, 0.1) is 0 Å². The summed E-state index contributed by atoms with van der Waals surface area (Å²) in [5.41, 5.74) is 3.07. The van der Waals surface area contributed by atoms with E-state index in [0.717, 1.165) is 16.7 Å². The molecule has 5 heteroatoms. The molecule has 0 atom stereocenters. The summed E-state index contributed by atoms with van der Waals surface area (Å²) in [6.07, 6.45) is 3.96. The van der Waals surface area contributed by atoms with Crippen molar-refractivity contribution in [3.05, 3.63) is 77.7 Å². The van der Waals surface area contributed by atoms with E-state index in [-0.39, 0.29) is 11.9 Å². The summed E-state index contributed by atoms with van der Waals surface area (Å²) in [6.45, 7) is 6.55. The lowest BCUT2D eigenvalue weighted by Crippen LogP contribution is -2.37. The zero-order chi connectivity index (χ0) is 19.9. The summed E-state index contributed by atoms with van der Waals surface area (Å²) in [7, 11) is 0. The Kier molecular flexibility index (Phi) is 6.37. The van der Waals surface area contributed by atoms with Gasteiger partial charge in [0.1, 0.15) is 0 Å². The largest absolute Gasteiger partial charge is 0.339 e. The highest BCUT2D eigenvalue weighted by molar-refractivity contribution is 5.92. The van der Waals surface area contributed by atoms with Crippen LogP contribution in [0.4, 0.5) is 0 Å². The van der Waals surface area contributed by atoms with E-state index in [2.05, 4.69) is 10.1 Å². The molecular formula is C23H25N3O2. The second kappa shape index (κ2) is 9.13. The molecule has 0 fully saturated rings. The first kappa shape index (κ1) is 19.5. The highest BCUT2D eigenvalue weighted by Crippen LogP contribution is 2.17. The number of hydrogen-bond donors (Lipinski definition) is 0. The van der Waals surface area contributed by atoms with E-state index in [1.807, 2.05) is 81.4 Å². The molecule has 0 saturated heterocycles. The first-order chi connectivity index (χ1) is 13.5. The topological polar surface area (TPSA) is 59.2 Å². The lowest BCUT2D eigenvalue weighted by Gasteiger charge is -2.24. The number of rotatable bonds is 7. The Hall–Kier alpha value is -3.21. The van der Waals surface area contributed by atoms with Crippen molar-refractivity contribution in [3.63, 3.8) is 0 Å². The molecule has 0 bridgehead atoms. The fourth-order valence-electron chi connectivity index (χ4n) is 2.92. The third kappa shape index (κ3) is 5.16. The minimum atomic E-state index is -0.0303. The van der Waals surface area contributed by atoms with Crippen LogP contribution in [0, 0.1) is 6.92 Å². The van der Waals surface area contributed by atoms with Gasteiger partial charge in [0, 0.05) is 30.6 Å². The molecule has 1 aromatic heterocycles. The van der Waals surface area contributed by atoms with Crippen LogP contribution in [0.5, 0.6) is 0 Å².